The predicted octanol–water partition coefficient (Wildman–Crippen LogP) is 2.68. The number of methoxy groups -OCH3 is 1. The molecule has 0 aromatic carbocycles. The summed E-state index contributed by atoms with van der Waals surface area (Å²) in [5, 5.41) is 9.16. The molecule has 0 aliphatic heterocycles. The van der Waals surface area contributed by atoms with Crippen molar-refractivity contribution in [2.75, 3.05) is 26.7 Å². The fraction of sp³-hybridized carbons (Fsp3) is 0.611. The molecular formula is C18H32IN5O3. The summed E-state index contributed by atoms with van der Waals surface area (Å²) in [6, 6.07) is 3.75. The Morgan fingerprint density at radius 1 is 1.19 bits per heavy atom. The van der Waals surface area contributed by atoms with E-state index in [9.17, 15) is 4.79 Å². The molecule has 3 N–H and O–H groups in total. The van der Waals surface area contributed by atoms with Crippen LogP contribution in [0.4, 0.5) is 4.79 Å². The van der Waals surface area contributed by atoms with Crippen LogP contribution in [0.3, 0.4) is 0 Å². The number of hydrogen-bond acceptors (Lipinski definition) is 5. The van der Waals surface area contributed by atoms with Gasteiger partial charge >= 0.3 is 6.09 Å². The predicted molar refractivity (Wildman–Crippen MR) is 118 cm³/mol. The van der Waals surface area contributed by atoms with Crippen molar-refractivity contribution in [2.45, 2.75) is 46.3 Å². The maximum Gasteiger partial charge on any atom is 0.407 e. The largest absolute Gasteiger partial charge is 0.481 e. The number of nitrogens with zero attached hydrogens (tertiary/aromatic N) is 2. The smallest absolute Gasteiger partial charge is 0.407 e. The lowest BCUT2D eigenvalue weighted by Crippen LogP contribution is -2.39. The van der Waals surface area contributed by atoms with E-state index in [4.69, 9.17) is 9.47 Å². The summed E-state index contributed by atoms with van der Waals surface area (Å²) in [6.07, 6.45) is 2.11. The van der Waals surface area contributed by atoms with Crippen molar-refractivity contribution in [1.82, 2.24) is 20.9 Å². The lowest BCUT2D eigenvalue weighted by atomic mass is 10.2. The lowest BCUT2D eigenvalue weighted by molar-refractivity contribution is 0.0527. The van der Waals surface area contributed by atoms with E-state index in [2.05, 4.69) is 25.9 Å². The van der Waals surface area contributed by atoms with Crippen LogP contribution >= 0.6 is 24.0 Å². The summed E-state index contributed by atoms with van der Waals surface area (Å²) < 4.78 is 10.2. The van der Waals surface area contributed by atoms with Crippen molar-refractivity contribution >= 4 is 36.0 Å². The number of guanidine groups is 1. The third kappa shape index (κ3) is 12.3. The first-order valence-corrected chi connectivity index (χ1v) is 8.82. The van der Waals surface area contributed by atoms with E-state index in [1.54, 1.807) is 13.3 Å². The molecule has 0 aliphatic carbocycles. The minimum Gasteiger partial charge on any atom is -0.481 e. The molecule has 1 heterocycles. The van der Waals surface area contributed by atoms with Crippen molar-refractivity contribution < 1.29 is 14.3 Å². The third-order valence-corrected chi connectivity index (χ3v) is 3.08. The van der Waals surface area contributed by atoms with E-state index in [1.807, 2.05) is 39.8 Å². The molecule has 0 saturated carbocycles. The SMILES string of the molecule is CCNC(=NCc1ccc(OC)nc1)NCCCNC(=O)OC(C)(C)C.I. The van der Waals surface area contributed by atoms with Crippen LogP contribution in [0, 0.1) is 0 Å². The highest BCUT2D eigenvalue weighted by molar-refractivity contribution is 14.0. The zero-order valence-electron chi connectivity index (χ0n) is 16.8. The van der Waals surface area contributed by atoms with Gasteiger partial charge < -0.3 is 25.4 Å². The fourth-order valence-electron chi connectivity index (χ4n) is 1.94. The van der Waals surface area contributed by atoms with Crippen molar-refractivity contribution in [3.05, 3.63) is 23.9 Å². The molecule has 8 nitrogen and oxygen atoms in total. The Morgan fingerprint density at radius 3 is 2.44 bits per heavy atom. The van der Waals surface area contributed by atoms with Crippen LogP contribution < -0.4 is 20.7 Å². The zero-order chi connectivity index (χ0) is 19.4. The topological polar surface area (TPSA) is 96.9 Å². The molecule has 154 valence electrons. The summed E-state index contributed by atoms with van der Waals surface area (Å²) >= 11 is 0. The molecule has 0 unspecified atom stereocenters. The van der Waals surface area contributed by atoms with Gasteiger partial charge in [0.2, 0.25) is 5.88 Å². The van der Waals surface area contributed by atoms with Crippen LogP contribution in [-0.4, -0.2) is 49.4 Å². The fourth-order valence-corrected chi connectivity index (χ4v) is 1.94. The van der Waals surface area contributed by atoms with Gasteiger partial charge in [0.25, 0.3) is 0 Å². The molecule has 1 aromatic heterocycles. The van der Waals surface area contributed by atoms with Crippen LogP contribution in [0.1, 0.15) is 39.7 Å². The van der Waals surface area contributed by atoms with Crippen molar-refractivity contribution in [3.8, 4) is 5.88 Å². The highest BCUT2D eigenvalue weighted by Gasteiger charge is 2.15. The highest BCUT2D eigenvalue weighted by Crippen LogP contribution is 2.07. The van der Waals surface area contributed by atoms with Gasteiger partial charge in [-0.1, -0.05) is 6.07 Å². The number of nitrogens with one attached hydrogen (secondary N) is 3. The van der Waals surface area contributed by atoms with E-state index in [0.717, 1.165) is 24.5 Å². The van der Waals surface area contributed by atoms with Crippen molar-refractivity contribution in [1.29, 1.82) is 0 Å². The summed E-state index contributed by atoms with van der Waals surface area (Å²) in [4.78, 5) is 20.2. The number of pyridine rings is 1. The van der Waals surface area contributed by atoms with E-state index in [1.165, 1.54) is 0 Å². The molecule has 9 heteroatoms. The maximum absolute atomic E-state index is 11.6. The minimum atomic E-state index is -0.483. The second-order valence-electron chi connectivity index (χ2n) is 6.61. The van der Waals surface area contributed by atoms with Gasteiger partial charge in [-0.05, 0) is 39.7 Å². The van der Waals surface area contributed by atoms with E-state index in [0.29, 0.717) is 25.5 Å². The number of ether oxygens (including phenoxy) is 2. The number of halogens is 1. The van der Waals surface area contributed by atoms with Crippen LogP contribution in [0.25, 0.3) is 0 Å². The number of amides is 1. The zero-order valence-corrected chi connectivity index (χ0v) is 19.1. The second kappa shape index (κ2) is 13.4. The molecule has 0 aliphatic rings. The van der Waals surface area contributed by atoms with Gasteiger partial charge in [0.15, 0.2) is 5.96 Å². The molecule has 0 bridgehead atoms. The Hall–Kier alpha value is -1.78. The van der Waals surface area contributed by atoms with Crippen LogP contribution in [-0.2, 0) is 11.3 Å². The van der Waals surface area contributed by atoms with Crippen molar-refractivity contribution in [3.63, 3.8) is 0 Å². The number of carbonyl (C=O) groups is 1. The van der Waals surface area contributed by atoms with Gasteiger partial charge in [0.1, 0.15) is 5.60 Å². The Labute approximate surface area is 178 Å². The molecule has 1 amide bonds. The molecule has 1 rings (SSSR count). The third-order valence-electron chi connectivity index (χ3n) is 3.08. The second-order valence-corrected chi connectivity index (χ2v) is 6.61. The summed E-state index contributed by atoms with van der Waals surface area (Å²) in [7, 11) is 1.59. The molecule has 0 spiro atoms. The van der Waals surface area contributed by atoms with Crippen LogP contribution in [0.5, 0.6) is 5.88 Å². The van der Waals surface area contributed by atoms with E-state index >= 15 is 0 Å². The number of rotatable bonds is 8. The molecule has 0 fully saturated rings. The number of carbonyl (C=O) groups excluding carboxylic acids is 1. The summed E-state index contributed by atoms with van der Waals surface area (Å²) in [5.41, 5.74) is 0.512. The molecule has 0 saturated heterocycles. The monoisotopic (exact) mass is 493 g/mol. The average molecular weight is 493 g/mol. The Kier molecular flexibility index (Phi) is 12.5. The Bertz CT molecular complexity index is 573. The van der Waals surface area contributed by atoms with Gasteiger partial charge in [-0.15, -0.1) is 24.0 Å². The first-order valence-electron chi connectivity index (χ1n) is 8.82. The first-order chi connectivity index (χ1) is 12.3. The minimum absolute atomic E-state index is 0. The van der Waals surface area contributed by atoms with Gasteiger partial charge in [0, 0.05) is 31.9 Å². The molecule has 0 atom stereocenters. The van der Waals surface area contributed by atoms with E-state index in [-0.39, 0.29) is 24.0 Å². The number of hydrogen-bond donors (Lipinski definition) is 3. The van der Waals surface area contributed by atoms with Gasteiger partial charge in [0.05, 0.1) is 13.7 Å². The molecule has 0 radical (unpaired) electrons. The molecular weight excluding hydrogens is 461 g/mol. The molecule has 1 aromatic rings. The Morgan fingerprint density at radius 2 is 1.89 bits per heavy atom. The number of aliphatic imine (C=N–C) groups is 1. The first kappa shape index (κ1) is 25.2. The highest BCUT2D eigenvalue weighted by atomic mass is 127. The van der Waals surface area contributed by atoms with Gasteiger partial charge in [-0.25, -0.2) is 14.8 Å². The standard InChI is InChI=1S/C18H31N5O3.HI/c1-6-19-16(23-13-14-8-9-15(25-5)22-12-14)20-10-7-11-21-17(24)26-18(2,3)4;/h8-9,12H,6-7,10-11,13H2,1-5H3,(H,21,24)(H2,19,20,23);1H. The average Bonchev–Trinajstić information content (AvgIpc) is 2.58. The maximum atomic E-state index is 11.6. The van der Waals surface area contributed by atoms with Crippen LogP contribution in [0.15, 0.2) is 23.3 Å². The normalized spacial score (nSPS) is 11.2. The summed E-state index contributed by atoms with van der Waals surface area (Å²) in [6.45, 7) is 10.0. The van der Waals surface area contributed by atoms with Gasteiger partial charge in [-0.2, -0.15) is 0 Å². The van der Waals surface area contributed by atoms with Crippen LogP contribution in [0.2, 0.25) is 0 Å². The molecule has 27 heavy (non-hydrogen) atoms. The number of aromatic nitrogens is 1. The van der Waals surface area contributed by atoms with Gasteiger partial charge in [-0.3, -0.25) is 0 Å². The van der Waals surface area contributed by atoms with E-state index < -0.39 is 11.7 Å². The van der Waals surface area contributed by atoms with Crippen molar-refractivity contribution in [2.24, 2.45) is 4.99 Å². The number of alkyl carbamates (subject to hydrolysis) is 1. The quantitative estimate of drug-likeness (QED) is 0.223. The lowest BCUT2D eigenvalue weighted by Gasteiger charge is -2.19. The Balaban J connectivity index is 0.00000676. The summed E-state index contributed by atoms with van der Waals surface area (Å²) in [5.74, 6) is 1.31.